The van der Waals surface area contributed by atoms with Crippen molar-refractivity contribution in [2.45, 2.75) is 11.8 Å². The van der Waals surface area contributed by atoms with Crippen LogP contribution in [0, 0.1) is 6.92 Å². The van der Waals surface area contributed by atoms with E-state index in [1.165, 1.54) is 12.1 Å². The van der Waals surface area contributed by atoms with Crippen molar-refractivity contribution in [3.63, 3.8) is 0 Å². The van der Waals surface area contributed by atoms with Gasteiger partial charge in [0.25, 0.3) is 0 Å². The molecule has 1 aromatic carbocycles. The van der Waals surface area contributed by atoms with E-state index < -0.39 is 16.4 Å². The molecule has 0 saturated carbocycles. The maximum Gasteiger partial charge on any atom is 0.180 e. The van der Waals surface area contributed by atoms with Crippen LogP contribution >= 0.6 is 11.6 Å². The average molecular weight is 250 g/mol. The molecule has 1 rings (SSSR count). The number of halogens is 1. The first-order valence-electron chi connectivity index (χ1n) is 4.27. The zero-order chi connectivity index (χ0) is 11.6. The molecule has 0 fully saturated rings. The highest BCUT2D eigenvalue weighted by Gasteiger charge is 2.17. The number of hydrogen-bond donors (Lipinski definition) is 2. The second kappa shape index (κ2) is 4.38. The number of rotatable bonds is 3. The minimum Gasteiger partial charge on any atom is -0.398 e. The van der Waals surface area contributed by atoms with E-state index >= 15 is 0 Å². The van der Waals surface area contributed by atoms with Crippen molar-refractivity contribution in [3.8, 4) is 0 Å². The number of benzene rings is 1. The molecular weight excluding hydrogens is 238 g/mol. The molecule has 1 aromatic rings. The van der Waals surface area contributed by atoms with Gasteiger partial charge in [-0.1, -0.05) is 11.6 Å². The summed E-state index contributed by atoms with van der Waals surface area (Å²) in [7, 11) is -3.47. The SMILES string of the molecule is Cc1cc(N)c(Cl)cc1S(=O)(=O)CCO. The molecule has 0 amide bonds. The number of aryl methyl sites for hydroxylation is 1. The fourth-order valence-corrected chi connectivity index (χ4v) is 2.79. The highest BCUT2D eigenvalue weighted by molar-refractivity contribution is 7.91. The Hall–Kier alpha value is -0.780. The molecule has 0 spiro atoms. The second-order valence-electron chi connectivity index (χ2n) is 3.18. The van der Waals surface area contributed by atoms with E-state index in [0.717, 1.165) is 0 Å². The zero-order valence-electron chi connectivity index (χ0n) is 8.20. The molecule has 15 heavy (non-hydrogen) atoms. The lowest BCUT2D eigenvalue weighted by Crippen LogP contribution is -2.11. The van der Waals surface area contributed by atoms with Gasteiger partial charge in [0.2, 0.25) is 0 Å². The molecule has 3 N–H and O–H groups in total. The van der Waals surface area contributed by atoms with E-state index in [1.807, 2.05) is 0 Å². The molecule has 0 aliphatic rings. The van der Waals surface area contributed by atoms with Crippen molar-refractivity contribution in [1.29, 1.82) is 0 Å². The quantitative estimate of drug-likeness (QED) is 0.783. The molecule has 6 heteroatoms. The summed E-state index contributed by atoms with van der Waals surface area (Å²) >= 11 is 5.74. The van der Waals surface area contributed by atoms with E-state index in [0.29, 0.717) is 11.3 Å². The number of aliphatic hydroxyl groups is 1. The standard InChI is InChI=1S/C9H12ClNO3S/c1-6-4-8(11)7(10)5-9(6)15(13,14)3-2-12/h4-5,12H,2-3,11H2,1H3. The van der Waals surface area contributed by atoms with E-state index in [2.05, 4.69) is 0 Å². The van der Waals surface area contributed by atoms with Crippen molar-refractivity contribution >= 4 is 27.1 Å². The molecule has 0 aliphatic carbocycles. The van der Waals surface area contributed by atoms with Gasteiger partial charge in [0.15, 0.2) is 9.84 Å². The van der Waals surface area contributed by atoms with Crippen LogP contribution in [0.25, 0.3) is 0 Å². The third-order valence-corrected chi connectivity index (χ3v) is 4.15. The minimum atomic E-state index is -3.47. The van der Waals surface area contributed by atoms with Crippen molar-refractivity contribution in [2.75, 3.05) is 18.1 Å². The number of aliphatic hydroxyl groups excluding tert-OH is 1. The third-order valence-electron chi connectivity index (χ3n) is 1.99. The number of nitrogen functional groups attached to an aromatic ring is 1. The Labute approximate surface area is 93.6 Å². The fourth-order valence-electron chi connectivity index (χ4n) is 1.25. The molecule has 4 nitrogen and oxygen atoms in total. The summed E-state index contributed by atoms with van der Waals surface area (Å²) in [6, 6.07) is 2.82. The lowest BCUT2D eigenvalue weighted by molar-refractivity contribution is 0.319. The largest absolute Gasteiger partial charge is 0.398 e. The van der Waals surface area contributed by atoms with E-state index in [1.54, 1.807) is 6.92 Å². The maximum absolute atomic E-state index is 11.7. The van der Waals surface area contributed by atoms with Crippen LogP contribution in [0.1, 0.15) is 5.56 Å². The van der Waals surface area contributed by atoms with Crippen molar-refractivity contribution in [2.24, 2.45) is 0 Å². The van der Waals surface area contributed by atoms with Crippen LogP contribution in [0.15, 0.2) is 17.0 Å². The lowest BCUT2D eigenvalue weighted by atomic mass is 10.2. The second-order valence-corrected chi connectivity index (χ2v) is 5.67. The Morgan fingerprint density at radius 3 is 2.60 bits per heavy atom. The molecule has 0 aromatic heterocycles. The van der Waals surface area contributed by atoms with Crippen LogP contribution in [0.2, 0.25) is 5.02 Å². The van der Waals surface area contributed by atoms with Crippen LogP contribution in [-0.4, -0.2) is 25.9 Å². The van der Waals surface area contributed by atoms with Gasteiger partial charge in [0.1, 0.15) is 0 Å². The highest BCUT2D eigenvalue weighted by atomic mass is 35.5. The monoisotopic (exact) mass is 249 g/mol. The average Bonchev–Trinajstić information content (AvgIpc) is 2.11. The van der Waals surface area contributed by atoms with Crippen molar-refractivity contribution < 1.29 is 13.5 Å². The molecule has 0 atom stereocenters. The third kappa shape index (κ3) is 2.62. The molecule has 0 heterocycles. The van der Waals surface area contributed by atoms with Crippen LogP contribution in [0.3, 0.4) is 0 Å². The van der Waals surface area contributed by atoms with Crippen LogP contribution < -0.4 is 5.73 Å². The van der Waals surface area contributed by atoms with Gasteiger partial charge in [-0.2, -0.15) is 0 Å². The fraction of sp³-hybridized carbons (Fsp3) is 0.333. The summed E-state index contributed by atoms with van der Waals surface area (Å²) in [5.41, 5.74) is 6.41. The Balaban J connectivity index is 3.33. The molecular formula is C9H12ClNO3S. The van der Waals surface area contributed by atoms with Gasteiger partial charge < -0.3 is 10.8 Å². The molecule has 0 unspecified atom stereocenters. The lowest BCUT2D eigenvalue weighted by Gasteiger charge is -2.08. The number of hydrogen-bond acceptors (Lipinski definition) is 4. The number of nitrogens with two attached hydrogens (primary N) is 1. The predicted octanol–water partition coefficient (Wildman–Crippen LogP) is 0.997. The van der Waals surface area contributed by atoms with Crippen LogP contribution in [0.4, 0.5) is 5.69 Å². The normalized spacial score (nSPS) is 11.7. The first kappa shape index (κ1) is 12.3. The van der Waals surface area contributed by atoms with Crippen molar-refractivity contribution in [1.82, 2.24) is 0 Å². The van der Waals surface area contributed by atoms with Gasteiger partial charge in [0.05, 0.1) is 28.0 Å². The minimum absolute atomic E-state index is 0.121. The Bertz CT molecular complexity index is 470. The molecule has 84 valence electrons. The number of anilines is 1. The Morgan fingerprint density at radius 2 is 2.07 bits per heavy atom. The first-order valence-corrected chi connectivity index (χ1v) is 6.30. The molecule has 0 aliphatic heterocycles. The summed E-state index contributed by atoms with van der Waals surface area (Å²) in [6.07, 6.45) is 0. The van der Waals surface area contributed by atoms with Crippen molar-refractivity contribution in [3.05, 3.63) is 22.7 Å². The Kier molecular flexibility index (Phi) is 3.59. The van der Waals surface area contributed by atoms with E-state index in [-0.39, 0.29) is 15.7 Å². The topological polar surface area (TPSA) is 80.4 Å². The van der Waals surface area contributed by atoms with Crippen LogP contribution in [0.5, 0.6) is 0 Å². The van der Waals surface area contributed by atoms with Gasteiger partial charge in [-0.25, -0.2) is 8.42 Å². The van der Waals surface area contributed by atoms with Gasteiger partial charge in [-0.15, -0.1) is 0 Å². The summed E-state index contributed by atoms with van der Waals surface area (Å²) in [5.74, 6) is -0.311. The Morgan fingerprint density at radius 1 is 1.47 bits per heavy atom. The van der Waals surface area contributed by atoms with Gasteiger partial charge in [-0.05, 0) is 24.6 Å². The molecule has 0 bridgehead atoms. The summed E-state index contributed by atoms with van der Waals surface area (Å²) in [4.78, 5) is 0.121. The number of sulfone groups is 1. The van der Waals surface area contributed by atoms with E-state index in [9.17, 15) is 8.42 Å². The van der Waals surface area contributed by atoms with E-state index in [4.69, 9.17) is 22.4 Å². The summed E-state index contributed by atoms with van der Waals surface area (Å²) in [6.45, 7) is 1.22. The van der Waals surface area contributed by atoms with Gasteiger partial charge in [-0.3, -0.25) is 0 Å². The van der Waals surface area contributed by atoms with Gasteiger partial charge in [0, 0.05) is 0 Å². The highest BCUT2D eigenvalue weighted by Crippen LogP contribution is 2.26. The zero-order valence-corrected chi connectivity index (χ0v) is 9.77. The molecule has 0 radical (unpaired) electrons. The summed E-state index contributed by atoms with van der Waals surface area (Å²) in [5, 5.41) is 8.85. The smallest absolute Gasteiger partial charge is 0.180 e. The predicted molar refractivity (Wildman–Crippen MR) is 59.7 cm³/mol. The maximum atomic E-state index is 11.7. The first-order chi connectivity index (χ1) is 6.88. The van der Waals surface area contributed by atoms with Gasteiger partial charge >= 0.3 is 0 Å². The van der Waals surface area contributed by atoms with Crippen LogP contribution in [-0.2, 0) is 9.84 Å². The summed E-state index contributed by atoms with van der Waals surface area (Å²) < 4.78 is 23.3. The molecule has 0 saturated heterocycles.